The summed E-state index contributed by atoms with van der Waals surface area (Å²) in [4.78, 5) is 15.9. The van der Waals surface area contributed by atoms with Gasteiger partial charge in [0.2, 0.25) is 0 Å². The van der Waals surface area contributed by atoms with Crippen LogP contribution in [0.25, 0.3) is 22.5 Å². The van der Waals surface area contributed by atoms with E-state index < -0.39 is 0 Å². The summed E-state index contributed by atoms with van der Waals surface area (Å²) in [6, 6.07) is 30.7. The first kappa shape index (κ1) is 32.1. The molecule has 0 saturated carbocycles. The van der Waals surface area contributed by atoms with Gasteiger partial charge in [0, 0.05) is 25.7 Å². The van der Waals surface area contributed by atoms with Gasteiger partial charge in [-0.05, 0) is 65.3 Å². The first-order chi connectivity index (χ1) is 22.9. The minimum absolute atomic E-state index is 0.141. The summed E-state index contributed by atoms with van der Waals surface area (Å²) in [6.45, 7) is 12.6. The minimum atomic E-state index is -0.272. The molecule has 4 aromatic carbocycles. The quantitative estimate of drug-likeness (QED) is 0.149. The molecular formula is C40H43N3O4. The van der Waals surface area contributed by atoms with E-state index in [0.29, 0.717) is 36.8 Å². The zero-order valence-electron chi connectivity index (χ0n) is 27.7. The number of carbonyl (C=O) groups excluding carboxylic acids is 1. The number of benzene rings is 4. The van der Waals surface area contributed by atoms with Crippen LogP contribution in [0.2, 0.25) is 0 Å². The highest BCUT2D eigenvalue weighted by Crippen LogP contribution is 2.45. The van der Waals surface area contributed by atoms with Gasteiger partial charge in [-0.1, -0.05) is 105 Å². The predicted octanol–water partition coefficient (Wildman–Crippen LogP) is 8.42. The summed E-state index contributed by atoms with van der Waals surface area (Å²) >= 11 is 0. The van der Waals surface area contributed by atoms with Crippen LogP contribution in [-0.4, -0.2) is 35.6 Å². The van der Waals surface area contributed by atoms with E-state index in [4.69, 9.17) is 14.0 Å². The van der Waals surface area contributed by atoms with E-state index in [-0.39, 0.29) is 17.5 Å². The van der Waals surface area contributed by atoms with Crippen LogP contribution in [0.15, 0.2) is 95.5 Å². The van der Waals surface area contributed by atoms with Gasteiger partial charge in [0.1, 0.15) is 24.7 Å². The van der Waals surface area contributed by atoms with Crippen LogP contribution in [0, 0.1) is 0 Å². The summed E-state index contributed by atoms with van der Waals surface area (Å²) in [6.07, 6.45) is 0.949. The van der Waals surface area contributed by atoms with E-state index >= 15 is 0 Å². The lowest BCUT2D eigenvalue weighted by atomic mass is 9.91. The fourth-order valence-corrected chi connectivity index (χ4v) is 6.10. The molecule has 2 heterocycles. The normalized spacial score (nSPS) is 13.0. The molecule has 0 radical (unpaired) electrons. The van der Waals surface area contributed by atoms with Crippen LogP contribution in [0.5, 0.6) is 11.5 Å². The van der Waals surface area contributed by atoms with E-state index in [2.05, 4.69) is 72.5 Å². The fourth-order valence-electron chi connectivity index (χ4n) is 6.10. The number of fused-ring (bicyclic) bond motifs is 1. The van der Waals surface area contributed by atoms with E-state index in [9.17, 15) is 4.79 Å². The molecule has 0 atom stereocenters. The van der Waals surface area contributed by atoms with Crippen molar-refractivity contribution in [1.82, 2.24) is 15.4 Å². The molecule has 1 N–H and O–H groups in total. The number of nitrogens with one attached hydrogen (secondary N) is 1. The number of hydrogen-bond donors (Lipinski definition) is 1. The number of nitrogens with zero attached hydrogens (tertiary/aromatic N) is 2. The van der Waals surface area contributed by atoms with Crippen molar-refractivity contribution in [2.75, 3.05) is 19.6 Å². The lowest BCUT2D eigenvalue weighted by molar-refractivity contribution is 0.0947. The number of aromatic nitrogens is 1. The van der Waals surface area contributed by atoms with Crippen molar-refractivity contribution in [3.05, 3.63) is 125 Å². The molecule has 0 fully saturated rings. The molecule has 6 rings (SSSR count). The van der Waals surface area contributed by atoms with Gasteiger partial charge < -0.3 is 19.3 Å². The van der Waals surface area contributed by atoms with Crippen molar-refractivity contribution in [3.63, 3.8) is 0 Å². The monoisotopic (exact) mass is 629 g/mol. The Labute approximate surface area is 277 Å². The average Bonchev–Trinajstić information content (AvgIpc) is 3.55. The number of rotatable bonds is 12. The molecule has 0 bridgehead atoms. The maximum atomic E-state index is 13.4. The molecule has 1 aliphatic heterocycles. The summed E-state index contributed by atoms with van der Waals surface area (Å²) in [5, 5.41) is 7.30. The molecule has 47 heavy (non-hydrogen) atoms. The maximum absolute atomic E-state index is 13.4. The third-order valence-electron chi connectivity index (χ3n) is 8.73. The molecule has 1 aliphatic rings. The Balaban J connectivity index is 1.48. The van der Waals surface area contributed by atoms with E-state index in [1.54, 1.807) is 0 Å². The largest absolute Gasteiger partial charge is 0.488 e. The molecule has 7 nitrogen and oxygen atoms in total. The molecule has 1 amide bonds. The summed E-state index contributed by atoms with van der Waals surface area (Å²) < 4.78 is 19.1. The predicted molar refractivity (Wildman–Crippen MR) is 186 cm³/mol. The molecule has 0 spiro atoms. The van der Waals surface area contributed by atoms with Gasteiger partial charge in [0.05, 0.1) is 11.1 Å². The second-order valence-corrected chi connectivity index (χ2v) is 12.3. The highest BCUT2D eigenvalue weighted by Gasteiger charge is 2.29. The first-order valence-electron chi connectivity index (χ1n) is 16.6. The van der Waals surface area contributed by atoms with Crippen molar-refractivity contribution in [3.8, 4) is 33.9 Å². The molecule has 5 aromatic rings. The number of carbonyl (C=O) groups is 1. The summed E-state index contributed by atoms with van der Waals surface area (Å²) in [7, 11) is 0. The molecule has 0 unspecified atom stereocenters. The topological polar surface area (TPSA) is 76.8 Å². The summed E-state index contributed by atoms with van der Waals surface area (Å²) in [5.74, 6) is 1.71. The fraction of sp³-hybridized carbons (Fsp3) is 0.300. The second-order valence-electron chi connectivity index (χ2n) is 12.3. The molecule has 1 aromatic heterocycles. The van der Waals surface area contributed by atoms with Gasteiger partial charge in [-0.25, -0.2) is 0 Å². The zero-order chi connectivity index (χ0) is 32.8. The van der Waals surface area contributed by atoms with Crippen LogP contribution in [0.3, 0.4) is 0 Å². The van der Waals surface area contributed by atoms with Crippen LogP contribution in [0.4, 0.5) is 0 Å². The first-order valence-corrected chi connectivity index (χ1v) is 16.6. The van der Waals surface area contributed by atoms with E-state index in [0.717, 1.165) is 59.6 Å². The minimum Gasteiger partial charge on any atom is -0.488 e. The number of likely N-dealkylation sites (N-methyl/N-ethyl adjacent to an activating group) is 1. The Morgan fingerprint density at radius 2 is 1.55 bits per heavy atom. The molecule has 0 aliphatic carbocycles. The van der Waals surface area contributed by atoms with Gasteiger partial charge in [0.15, 0.2) is 11.5 Å². The van der Waals surface area contributed by atoms with Crippen molar-refractivity contribution >= 4 is 5.91 Å². The molecular weight excluding hydrogens is 586 g/mol. The third-order valence-corrected chi connectivity index (χ3v) is 8.73. The lowest BCUT2D eigenvalue weighted by Gasteiger charge is -2.27. The van der Waals surface area contributed by atoms with Crippen molar-refractivity contribution in [1.29, 1.82) is 0 Å². The Morgan fingerprint density at radius 1 is 0.872 bits per heavy atom. The van der Waals surface area contributed by atoms with E-state index in [1.165, 1.54) is 11.1 Å². The Bertz CT molecular complexity index is 1810. The number of ether oxygens (including phenoxy) is 2. The van der Waals surface area contributed by atoms with Crippen LogP contribution in [0.1, 0.15) is 71.9 Å². The smallest absolute Gasteiger partial charge is 0.274 e. The van der Waals surface area contributed by atoms with Crippen molar-refractivity contribution < 1.29 is 18.8 Å². The molecule has 7 heteroatoms. The van der Waals surface area contributed by atoms with Gasteiger partial charge >= 0.3 is 0 Å². The maximum Gasteiger partial charge on any atom is 0.274 e. The average molecular weight is 630 g/mol. The Morgan fingerprint density at radius 3 is 2.19 bits per heavy atom. The third kappa shape index (κ3) is 7.26. The van der Waals surface area contributed by atoms with Crippen molar-refractivity contribution in [2.45, 2.75) is 59.8 Å². The molecule has 0 saturated heterocycles. The van der Waals surface area contributed by atoms with Gasteiger partial charge in [-0.15, -0.1) is 0 Å². The Kier molecular flexibility index (Phi) is 10.0. The number of hydrogen-bond acceptors (Lipinski definition) is 6. The highest BCUT2D eigenvalue weighted by molar-refractivity contribution is 6.02. The van der Waals surface area contributed by atoms with Crippen LogP contribution < -0.4 is 14.8 Å². The van der Waals surface area contributed by atoms with Crippen LogP contribution in [-0.2, 0) is 26.2 Å². The lowest BCUT2D eigenvalue weighted by Crippen LogP contribution is -2.30. The second kappa shape index (κ2) is 14.7. The van der Waals surface area contributed by atoms with Crippen molar-refractivity contribution in [2.24, 2.45) is 0 Å². The highest BCUT2D eigenvalue weighted by atomic mass is 16.5. The number of amides is 1. The standard InChI is InChI=1S/C40H43N3O4/c1-5-41-40(44)38-37(31-17-18-32-24-43(6-2)20-19-30(32)21-31)39(47-42-38)34-22-33(27(3)4)35(45-25-28-13-9-7-10-14-28)23-36(34)46-26-29-15-11-8-12-16-29/h7-18,21-23,27H,5-6,19-20,24-26H2,1-4H3,(H,41,44). The SMILES string of the molecule is CCNC(=O)c1noc(-c2cc(C(C)C)c(OCc3ccccc3)cc2OCc2ccccc2)c1-c1ccc2c(c1)CCN(CC)C2. The van der Waals surface area contributed by atoms with Gasteiger partial charge in [-0.3, -0.25) is 9.69 Å². The Hall–Kier alpha value is -4.88. The van der Waals surface area contributed by atoms with Gasteiger partial charge in [0.25, 0.3) is 5.91 Å². The summed E-state index contributed by atoms with van der Waals surface area (Å²) in [5.41, 5.74) is 8.27. The van der Waals surface area contributed by atoms with Gasteiger partial charge in [-0.2, -0.15) is 0 Å². The molecule has 242 valence electrons. The van der Waals surface area contributed by atoms with E-state index in [1.807, 2.05) is 61.5 Å². The zero-order valence-corrected chi connectivity index (χ0v) is 27.7. The van der Waals surface area contributed by atoms with Crippen LogP contribution >= 0.6 is 0 Å².